The zero-order valence-corrected chi connectivity index (χ0v) is 16.3. The van der Waals surface area contributed by atoms with Crippen LogP contribution in [0.3, 0.4) is 0 Å². The highest BCUT2D eigenvalue weighted by atomic mass is 32.1. The van der Waals surface area contributed by atoms with Gasteiger partial charge in [-0.1, -0.05) is 60.7 Å². The number of ether oxygens (including phenoxy) is 1. The first-order chi connectivity index (χ1) is 13.4. The van der Waals surface area contributed by atoms with Gasteiger partial charge in [0, 0.05) is 42.0 Å². The van der Waals surface area contributed by atoms with Gasteiger partial charge in [-0.2, -0.15) is 0 Å². The van der Waals surface area contributed by atoms with Crippen molar-refractivity contribution in [3.63, 3.8) is 0 Å². The van der Waals surface area contributed by atoms with Gasteiger partial charge in [0.05, 0.1) is 13.2 Å². The van der Waals surface area contributed by atoms with Crippen LogP contribution in [0.5, 0.6) is 0 Å². The summed E-state index contributed by atoms with van der Waals surface area (Å²) in [7, 11) is 0. The molecule has 1 fully saturated rings. The molecule has 3 aromatic rings. The molecule has 3 nitrogen and oxygen atoms in total. The van der Waals surface area contributed by atoms with Gasteiger partial charge in [-0.05, 0) is 23.3 Å². The maximum atomic E-state index is 5.50. The van der Waals surface area contributed by atoms with E-state index in [1.807, 2.05) is 11.3 Å². The molecule has 4 rings (SSSR count). The van der Waals surface area contributed by atoms with Crippen LogP contribution in [0, 0.1) is 0 Å². The number of hydrogen-bond donors (Lipinski definition) is 1. The van der Waals surface area contributed by atoms with Crippen LogP contribution in [0.15, 0.2) is 72.8 Å². The summed E-state index contributed by atoms with van der Waals surface area (Å²) in [5.74, 6) is 0. The maximum absolute atomic E-state index is 5.50. The Labute approximate surface area is 165 Å². The predicted octanol–water partition coefficient (Wildman–Crippen LogP) is 4.58. The van der Waals surface area contributed by atoms with E-state index < -0.39 is 0 Å². The first-order valence-electron chi connectivity index (χ1n) is 9.61. The minimum absolute atomic E-state index is 0.326. The molecule has 27 heavy (non-hydrogen) atoms. The number of benzene rings is 2. The minimum Gasteiger partial charge on any atom is -0.379 e. The van der Waals surface area contributed by atoms with Gasteiger partial charge in [-0.3, -0.25) is 4.90 Å². The van der Waals surface area contributed by atoms with Gasteiger partial charge in [-0.25, -0.2) is 0 Å². The van der Waals surface area contributed by atoms with E-state index in [0.717, 1.165) is 39.4 Å². The van der Waals surface area contributed by atoms with Crippen molar-refractivity contribution in [2.24, 2.45) is 0 Å². The summed E-state index contributed by atoms with van der Waals surface area (Å²) in [6.45, 7) is 5.62. The smallest absolute Gasteiger partial charge is 0.0594 e. The molecule has 1 aliphatic rings. The number of morpholine rings is 1. The van der Waals surface area contributed by atoms with Crippen molar-refractivity contribution in [3.05, 3.63) is 83.2 Å². The van der Waals surface area contributed by atoms with E-state index in [1.165, 1.54) is 20.9 Å². The first kappa shape index (κ1) is 18.4. The molecule has 1 aliphatic heterocycles. The van der Waals surface area contributed by atoms with E-state index in [2.05, 4.69) is 83.0 Å². The molecular formula is C23H26N2OS. The van der Waals surface area contributed by atoms with Crippen LogP contribution < -0.4 is 5.32 Å². The normalized spacial score (nSPS) is 16.3. The van der Waals surface area contributed by atoms with E-state index >= 15 is 0 Å². The van der Waals surface area contributed by atoms with Gasteiger partial charge in [0.2, 0.25) is 0 Å². The first-order valence-corrected chi connectivity index (χ1v) is 10.4. The van der Waals surface area contributed by atoms with Gasteiger partial charge in [0.1, 0.15) is 0 Å². The van der Waals surface area contributed by atoms with Crippen molar-refractivity contribution < 1.29 is 4.74 Å². The molecule has 0 spiro atoms. The van der Waals surface area contributed by atoms with Crippen molar-refractivity contribution in [1.29, 1.82) is 0 Å². The summed E-state index contributed by atoms with van der Waals surface area (Å²) < 4.78 is 5.50. The van der Waals surface area contributed by atoms with E-state index in [4.69, 9.17) is 4.74 Å². The molecule has 0 amide bonds. The fourth-order valence-electron chi connectivity index (χ4n) is 3.47. The Morgan fingerprint density at radius 2 is 1.59 bits per heavy atom. The van der Waals surface area contributed by atoms with Gasteiger partial charge in [-0.15, -0.1) is 11.3 Å². The number of nitrogens with one attached hydrogen (secondary N) is 1. The highest BCUT2D eigenvalue weighted by Crippen LogP contribution is 2.28. The molecule has 0 aliphatic carbocycles. The molecule has 1 N–H and O–H groups in total. The summed E-state index contributed by atoms with van der Waals surface area (Å²) in [4.78, 5) is 5.20. The zero-order valence-electron chi connectivity index (χ0n) is 15.5. The average molecular weight is 379 g/mol. The van der Waals surface area contributed by atoms with E-state index in [-0.39, 0.29) is 0 Å². The Bertz CT molecular complexity index is 813. The molecule has 2 heterocycles. The molecule has 1 saturated heterocycles. The highest BCUT2D eigenvalue weighted by Gasteiger charge is 2.18. The van der Waals surface area contributed by atoms with Crippen LogP contribution in [0.25, 0.3) is 10.4 Å². The summed E-state index contributed by atoms with van der Waals surface area (Å²) >= 11 is 1.87. The van der Waals surface area contributed by atoms with Crippen LogP contribution in [0.4, 0.5) is 0 Å². The van der Waals surface area contributed by atoms with Crippen molar-refractivity contribution in [3.8, 4) is 10.4 Å². The topological polar surface area (TPSA) is 24.5 Å². The largest absolute Gasteiger partial charge is 0.379 e. The number of hydrogen-bond acceptors (Lipinski definition) is 4. The minimum atomic E-state index is 0.326. The fraction of sp³-hybridized carbons (Fsp3) is 0.304. The molecule has 0 bridgehead atoms. The lowest BCUT2D eigenvalue weighted by Gasteiger charge is -2.31. The second-order valence-corrected chi connectivity index (χ2v) is 8.06. The second kappa shape index (κ2) is 9.29. The van der Waals surface area contributed by atoms with Crippen molar-refractivity contribution in [2.75, 3.05) is 32.8 Å². The van der Waals surface area contributed by atoms with Crippen LogP contribution in [0.1, 0.15) is 16.5 Å². The monoisotopic (exact) mass is 378 g/mol. The molecule has 1 unspecified atom stereocenters. The van der Waals surface area contributed by atoms with Crippen LogP contribution in [-0.2, 0) is 11.3 Å². The fourth-order valence-corrected chi connectivity index (χ4v) is 4.43. The summed E-state index contributed by atoms with van der Waals surface area (Å²) in [6, 6.07) is 26.2. The predicted molar refractivity (Wildman–Crippen MR) is 113 cm³/mol. The lowest BCUT2D eigenvalue weighted by molar-refractivity contribution is 0.0333. The lowest BCUT2D eigenvalue weighted by atomic mass is 10.1. The third-order valence-corrected chi connectivity index (χ3v) is 6.12. The second-order valence-electron chi connectivity index (χ2n) is 6.89. The zero-order chi connectivity index (χ0) is 18.3. The van der Waals surface area contributed by atoms with Gasteiger partial charge >= 0.3 is 0 Å². The molecule has 140 valence electrons. The number of nitrogens with zero attached hydrogens (tertiary/aromatic N) is 1. The SMILES string of the molecule is c1ccc(-c2ccc(CNC(CN3CCOCC3)c3ccccc3)s2)cc1. The lowest BCUT2D eigenvalue weighted by Crippen LogP contribution is -2.41. The number of rotatable bonds is 7. The number of thiophene rings is 1. The molecule has 1 atom stereocenters. The van der Waals surface area contributed by atoms with Gasteiger partial charge in [0.25, 0.3) is 0 Å². The Morgan fingerprint density at radius 3 is 2.33 bits per heavy atom. The Morgan fingerprint density at radius 1 is 0.889 bits per heavy atom. The van der Waals surface area contributed by atoms with E-state index in [0.29, 0.717) is 6.04 Å². The van der Waals surface area contributed by atoms with Crippen LogP contribution in [0.2, 0.25) is 0 Å². The standard InChI is InChI=1S/C23H26N2OS/c1-3-7-19(8-4-1)22(18-25-13-15-26-16-14-25)24-17-21-11-12-23(27-21)20-9-5-2-6-10-20/h1-12,22,24H,13-18H2. The Balaban J connectivity index is 1.43. The van der Waals surface area contributed by atoms with Crippen molar-refractivity contribution in [2.45, 2.75) is 12.6 Å². The maximum Gasteiger partial charge on any atom is 0.0594 e. The summed E-state index contributed by atoms with van der Waals surface area (Å²) in [6.07, 6.45) is 0. The average Bonchev–Trinajstić information content (AvgIpc) is 3.22. The van der Waals surface area contributed by atoms with Crippen LogP contribution >= 0.6 is 11.3 Å². The van der Waals surface area contributed by atoms with Crippen LogP contribution in [-0.4, -0.2) is 37.7 Å². The molecule has 4 heteroatoms. The Kier molecular flexibility index (Phi) is 6.32. The third kappa shape index (κ3) is 5.05. The molecule has 1 aromatic heterocycles. The van der Waals surface area contributed by atoms with Gasteiger partial charge < -0.3 is 10.1 Å². The third-order valence-electron chi connectivity index (χ3n) is 4.99. The van der Waals surface area contributed by atoms with E-state index in [1.54, 1.807) is 0 Å². The van der Waals surface area contributed by atoms with E-state index in [9.17, 15) is 0 Å². The molecular weight excluding hydrogens is 352 g/mol. The molecule has 0 saturated carbocycles. The quantitative estimate of drug-likeness (QED) is 0.651. The Hall–Kier alpha value is -1.98. The molecule has 0 radical (unpaired) electrons. The van der Waals surface area contributed by atoms with Gasteiger partial charge in [0.15, 0.2) is 0 Å². The summed E-state index contributed by atoms with van der Waals surface area (Å²) in [5, 5.41) is 3.79. The van der Waals surface area contributed by atoms with Crippen molar-refractivity contribution >= 4 is 11.3 Å². The summed E-state index contributed by atoms with van der Waals surface area (Å²) in [5.41, 5.74) is 2.64. The highest BCUT2D eigenvalue weighted by molar-refractivity contribution is 7.15. The van der Waals surface area contributed by atoms with Crippen molar-refractivity contribution in [1.82, 2.24) is 10.2 Å². The molecule has 2 aromatic carbocycles.